The van der Waals surface area contributed by atoms with Crippen LogP contribution < -0.4 is 23.9 Å². The van der Waals surface area contributed by atoms with Crippen molar-refractivity contribution in [3.63, 3.8) is 0 Å². The second-order valence-electron chi connectivity index (χ2n) is 1.95. The van der Waals surface area contributed by atoms with Crippen LogP contribution in [0.15, 0.2) is 0 Å². The summed E-state index contributed by atoms with van der Waals surface area (Å²) in [6.45, 7) is 0. The highest BCUT2D eigenvalue weighted by Gasteiger charge is 2.11. The van der Waals surface area contributed by atoms with Crippen LogP contribution in [-0.4, -0.2) is 23.0 Å². The maximum atomic E-state index is 10.1. The predicted molar refractivity (Wildman–Crippen MR) is 34.0 cm³/mol. The van der Waals surface area contributed by atoms with Gasteiger partial charge < -0.3 is 29.0 Å². The minimum atomic E-state index is -1.11. The molecule has 1 amide bonds. The van der Waals surface area contributed by atoms with Gasteiger partial charge in [0.2, 0.25) is 5.91 Å². The maximum Gasteiger partial charge on any atom is 0.320 e. The summed E-state index contributed by atoms with van der Waals surface area (Å²) in [6.07, 6.45) is 0.123. The van der Waals surface area contributed by atoms with Crippen molar-refractivity contribution in [2.45, 2.75) is 18.9 Å². The van der Waals surface area contributed by atoms with E-state index in [1.54, 1.807) is 0 Å². The summed E-state index contributed by atoms with van der Waals surface area (Å²) in [4.78, 5) is 20.1. The van der Waals surface area contributed by atoms with Crippen LogP contribution in [0.25, 0.3) is 0 Å². The molecule has 0 aliphatic heterocycles. The number of primary amides is 1. The van der Waals surface area contributed by atoms with Crippen molar-refractivity contribution in [2.75, 3.05) is 0 Å². The molecule has 66 valence electrons. The fraction of sp³-hybridized carbons (Fsp3) is 0.600. The molecule has 0 aliphatic rings. The summed E-state index contributed by atoms with van der Waals surface area (Å²) in [7, 11) is 0. The van der Waals surface area contributed by atoms with E-state index >= 15 is 0 Å². The van der Waals surface area contributed by atoms with Gasteiger partial charge in [-0.1, -0.05) is 0 Å². The molecule has 11 heavy (non-hydrogen) atoms. The van der Waals surface area contributed by atoms with E-state index in [0.717, 1.165) is 0 Å². The van der Waals surface area contributed by atoms with E-state index < -0.39 is 17.9 Å². The van der Waals surface area contributed by atoms with Crippen molar-refractivity contribution in [1.82, 2.24) is 0 Å². The summed E-state index contributed by atoms with van der Waals surface area (Å²) in [6, 6.07) is -0.979. The molecule has 0 bridgehead atoms. The fourth-order valence-electron chi connectivity index (χ4n) is 0.421. The standard InChI is InChI=1S/C5H10N2O3.ClH/c6-3(5(9)10)1-2-4(7)8;/h3H,1-2,6H2,(H2,7,8)(H,9,10);1H/p-1. The highest BCUT2D eigenvalue weighted by molar-refractivity contribution is 5.76. The molecule has 6 heteroatoms. The van der Waals surface area contributed by atoms with Gasteiger partial charge in [-0.3, -0.25) is 9.59 Å². The number of halogens is 1. The van der Waals surface area contributed by atoms with Crippen molar-refractivity contribution in [3.05, 3.63) is 0 Å². The van der Waals surface area contributed by atoms with E-state index in [9.17, 15) is 9.59 Å². The highest BCUT2D eigenvalue weighted by atomic mass is 35.5. The zero-order valence-electron chi connectivity index (χ0n) is 5.79. The predicted octanol–water partition coefficient (Wildman–Crippen LogP) is -4.33. The molecule has 0 spiro atoms. The molecule has 5 nitrogen and oxygen atoms in total. The Balaban J connectivity index is 0. The number of carbonyl (C=O) groups is 2. The number of carboxylic acids is 1. The molecule has 0 rings (SSSR count). The van der Waals surface area contributed by atoms with Gasteiger partial charge in [0.05, 0.1) is 0 Å². The maximum absolute atomic E-state index is 10.1. The van der Waals surface area contributed by atoms with Crippen LogP contribution in [-0.2, 0) is 9.59 Å². The Morgan fingerprint density at radius 2 is 1.91 bits per heavy atom. The van der Waals surface area contributed by atoms with Crippen molar-refractivity contribution in [3.8, 4) is 0 Å². The van der Waals surface area contributed by atoms with Gasteiger partial charge >= 0.3 is 5.97 Å². The van der Waals surface area contributed by atoms with E-state index in [1.165, 1.54) is 0 Å². The van der Waals surface area contributed by atoms with Crippen LogP contribution in [0, 0.1) is 0 Å². The van der Waals surface area contributed by atoms with Gasteiger partial charge in [0.1, 0.15) is 6.04 Å². The quantitative estimate of drug-likeness (QED) is 0.408. The minimum absolute atomic E-state index is 0. The van der Waals surface area contributed by atoms with E-state index in [1.807, 2.05) is 0 Å². The first-order valence-electron chi connectivity index (χ1n) is 2.80. The number of rotatable bonds is 4. The van der Waals surface area contributed by atoms with E-state index in [2.05, 4.69) is 0 Å². The van der Waals surface area contributed by atoms with Gasteiger partial charge in [0.15, 0.2) is 0 Å². The fourth-order valence-corrected chi connectivity index (χ4v) is 0.421. The molecule has 1 atom stereocenters. The van der Waals surface area contributed by atoms with Crippen molar-refractivity contribution in [1.29, 1.82) is 0 Å². The number of carbonyl (C=O) groups excluding carboxylic acids is 1. The van der Waals surface area contributed by atoms with Crippen LogP contribution in [0.5, 0.6) is 0 Å². The summed E-state index contributed by atoms with van der Waals surface area (Å²) in [5, 5.41) is 8.22. The third-order valence-electron chi connectivity index (χ3n) is 1.02. The molecule has 0 radical (unpaired) electrons. The number of hydrogen-bond donors (Lipinski definition) is 3. The Hall–Kier alpha value is -0.810. The number of amides is 1. The number of hydrogen-bond acceptors (Lipinski definition) is 3. The van der Waals surface area contributed by atoms with Crippen molar-refractivity contribution in [2.24, 2.45) is 11.5 Å². The van der Waals surface area contributed by atoms with Crippen LogP contribution in [0.1, 0.15) is 12.8 Å². The van der Waals surface area contributed by atoms with Crippen molar-refractivity contribution >= 4 is 11.9 Å². The summed E-state index contributed by atoms with van der Waals surface area (Å²) in [5.41, 5.74) is 9.81. The van der Waals surface area contributed by atoms with E-state index in [4.69, 9.17) is 16.6 Å². The van der Waals surface area contributed by atoms with Gasteiger partial charge in [-0.25, -0.2) is 0 Å². The molecule has 0 heterocycles. The number of aliphatic carboxylic acids is 1. The monoisotopic (exact) mass is 181 g/mol. The SMILES string of the molecule is NC(=O)CCC(N)C(=O)O.[Cl-]. The normalized spacial score (nSPS) is 11.4. The molecule has 0 saturated heterocycles. The summed E-state index contributed by atoms with van der Waals surface area (Å²) < 4.78 is 0. The van der Waals surface area contributed by atoms with Gasteiger partial charge in [-0.2, -0.15) is 0 Å². The zero-order chi connectivity index (χ0) is 8.15. The molecule has 0 fully saturated rings. The first-order valence-corrected chi connectivity index (χ1v) is 2.80. The van der Waals surface area contributed by atoms with Crippen LogP contribution >= 0.6 is 0 Å². The average molecular weight is 182 g/mol. The molecule has 1 unspecified atom stereocenters. The Morgan fingerprint density at radius 1 is 1.45 bits per heavy atom. The molecule has 0 aliphatic carbocycles. The van der Waals surface area contributed by atoms with Gasteiger partial charge in [0, 0.05) is 6.42 Å². The van der Waals surface area contributed by atoms with Crippen LogP contribution in [0.2, 0.25) is 0 Å². The molecule has 5 N–H and O–H groups in total. The molecule has 0 aromatic carbocycles. The van der Waals surface area contributed by atoms with E-state index in [-0.39, 0.29) is 25.2 Å². The third-order valence-corrected chi connectivity index (χ3v) is 1.02. The number of nitrogens with two attached hydrogens (primary N) is 2. The lowest BCUT2D eigenvalue weighted by Crippen LogP contribution is -3.00. The summed E-state index contributed by atoms with van der Waals surface area (Å²) >= 11 is 0. The topological polar surface area (TPSA) is 106 Å². The molecule has 0 aromatic heterocycles. The smallest absolute Gasteiger partial charge is 0.320 e. The lowest BCUT2D eigenvalue weighted by molar-refractivity contribution is -0.138. The van der Waals surface area contributed by atoms with E-state index in [0.29, 0.717) is 0 Å². The largest absolute Gasteiger partial charge is 1.00 e. The molecule has 0 aromatic rings. The van der Waals surface area contributed by atoms with Crippen LogP contribution in [0.3, 0.4) is 0 Å². The minimum Gasteiger partial charge on any atom is -1.00 e. The third kappa shape index (κ3) is 7.08. The average Bonchev–Trinajstić information content (AvgIpc) is 1.82. The molecular weight excluding hydrogens is 172 g/mol. The first kappa shape index (κ1) is 12.8. The lowest BCUT2D eigenvalue weighted by atomic mass is 10.2. The lowest BCUT2D eigenvalue weighted by Gasteiger charge is -2.01. The molecule has 0 saturated carbocycles. The highest BCUT2D eigenvalue weighted by Crippen LogP contribution is 1.92. The Labute approximate surface area is 70.1 Å². The van der Waals surface area contributed by atoms with Gasteiger partial charge in [0.25, 0.3) is 0 Å². The second kappa shape index (κ2) is 5.94. The Morgan fingerprint density at radius 3 is 2.18 bits per heavy atom. The summed E-state index contributed by atoms with van der Waals surface area (Å²) in [5.74, 6) is -1.64. The Bertz CT molecular complexity index is 151. The number of carboxylic acid groups (broad SMARTS) is 1. The molecular formula is C5H10ClN2O3-. The van der Waals surface area contributed by atoms with Gasteiger partial charge in [-0.05, 0) is 6.42 Å². The van der Waals surface area contributed by atoms with Crippen molar-refractivity contribution < 1.29 is 27.1 Å². The Kier molecular flexibility index (Phi) is 6.92. The van der Waals surface area contributed by atoms with Crippen LogP contribution in [0.4, 0.5) is 0 Å². The second-order valence-corrected chi connectivity index (χ2v) is 1.95. The zero-order valence-corrected chi connectivity index (χ0v) is 6.54. The van der Waals surface area contributed by atoms with Gasteiger partial charge in [-0.15, -0.1) is 0 Å². The first-order chi connectivity index (χ1) is 4.54.